The normalized spacial score (nSPS) is 10.2. The van der Waals surface area contributed by atoms with E-state index in [0.717, 1.165) is 18.5 Å². The third-order valence-corrected chi connectivity index (χ3v) is 3.45. The van der Waals surface area contributed by atoms with Crippen LogP contribution in [0.4, 0.5) is 10.5 Å². The molecule has 1 aromatic carbocycles. The van der Waals surface area contributed by atoms with E-state index >= 15 is 0 Å². The van der Waals surface area contributed by atoms with Crippen molar-refractivity contribution in [3.05, 3.63) is 28.8 Å². The Bertz CT molecular complexity index is 418. The fourth-order valence-electron chi connectivity index (χ4n) is 2.03. The molecule has 0 aliphatic carbocycles. The molecular formula is C13H20N2OS. The minimum atomic E-state index is -0.216. The summed E-state index contributed by atoms with van der Waals surface area (Å²) in [4.78, 5) is 11.6. The SMILES string of the molecule is CCc1ccc(N(S)C(=O)NC)c(CC)c1C. The number of carbonyl (C=O) groups is 1. The Hall–Kier alpha value is -1.16. The number of anilines is 1. The molecule has 0 radical (unpaired) electrons. The molecular weight excluding hydrogens is 232 g/mol. The Morgan fingerprint density at radius 1 is 1.35 bits per heavy atom. The molecule has 2 amide bonds. The lowest BCUT2D eigenvalue weighted by atomic mass is 9.97. The van der Waals surface area contributed by atoms with E-state index in [1.807, 2.05) is 6.07 Å². The summed E-state index contributed by atoms with van der Waals surface area (Å²) in [7, 11) is 1.60. The molecule has 0 atom stereocenters. The standard InChI is InChI=1S/C13H20N2OS/c1-5-10-7-8-12(11(6-2)9(10)3)15(17)13(16)14-4/h7-8,17H,5-6H2,1-4H3,(H,14,16). The van der Waals surface area contributed by atoms with Crippen LogP contribution in [-0.4, -0.2) is 13.1 Å². The molecule has 0 heterocycles. The number of nitrogens with zero attached hydrogens (tertiary/aromatic N) is 1. The summed E-state index contributed by atoms with van der Waals surface area (Å²) in [6.45, 7) is 6.34. The summed E-state index contributed by atoms with van der Waals surface area (Å²) in [6, 6.07) is 3.81. The highest BCUT2D eigenvalue weighted by molar-refractivity contribution is 7.82. The highest BCUT2D eigenvalue weighted by Crippen LogP contribution is 2.28. The predicted molar refractivity (Wildman–Crippen MR) is 75.9 cm³/mol. The number of aryl methyl sites for hydroxylation is 1. The summed E-state index contributed by atoms with van der Waals surface area (Å²) in [5, 5.41) is 2.57. The summed E-state index contributed by atoms with van der Waals surface area (Å²) in [6.07, 6.45) is 1.90. The van der Waals surface area contributed by atoms with Crippen molar-refractivity contribution >= 4 is 24.5 Å². The van der Waals surface area contributed by atoms with Gasteiger partial charge in [0, 0.05) is 7.05 Å². The molecule has 0 aromatic heterocycles. The lowest BCUT2D eigenvalue weighted by Gasteiger charge is -2.21. The zero-order valence-corrected chi connectivity index (χ0v) is 11.8. The molecule has 0 aliphatic rings. The smallest absolute Gasteiger partial charge is 0.331 e. The lowest BCUT2D eigenvalue weighted by Crippen LogP contribution is -2.31. The van der Waals surface area contributed by atoms with Gasteiger partial charge in [-0.15, -0.1) is 0 Å². The molecule has 1 aromatic rings. The highest BCUT2D eigenvalue weighted by Gasteiger charge is 2.16. The Kier molecular flexibility index (Phi) is 4.87. The average Bonchev–Trinajstić information content (AvgIpc) is 2.36. The molecule has 3 nitrogen and oxygen atoms in total. The molecule has 0 unspecified atom stereocenters. The van der Waals surface area contributed by atoms with Gasteiger partial charge in [0.1, 0.15) is 0 Å². The van der Waals surface area contributed by atoms with E-state index in [2.05, 4.69) is 45.0 Å². The molecule has 0 bridgehead atoms. The van der Waals surface area contributed by atoms with Gasteiger partial charge in [0.2, 0.25) is 0 Å². The van der Waals surface area contributed by atoms with Crippen molar-refractivity contribution in [1.29, 1.82) is 0 Å². The van der Waals surface area contributed by atoms with Gasteiger partial charge in [-0.05, 0) is 42.5 Å². The summed E-state index contributed by atoms with van der Waals surface area (Å²) < 4.78 is 1.37. The van der Waals surface area contributed by atoms with E-state index in [9.17, 15) is 4.79 Å². The van der Waals surface area contributed by atoms with Gasteiger partial charge < -0.3 is 5.32 Å². The number of amides is 2. The third-order valence-electron chi connectivity index (χ3n) is 3.05. The second-order valence-electron chi connectivity index (χ2n) is 3.92. The molecule has 0 saturated carbocycles. The van der Waals surface area contributed by atoms with Gasteiger partial charge in [-0.3, -0.25) is 0 Å². The van der Waals surface area contributed by atoms with Crippen LogP contribution < -0.4 is 9.62 Å². The van der Waals surface area contributed by atoms with E-state index in [1.54, 1.807) is 7.05 Å². The van der Waals surface area contributed by atoms with Gasteiger partial charge in [-0.1, -0.05) is 32.7 Å². The van der Waals surface area contributed by atoms with Crippen LogP contribution in [0.2, 0.25) is 0 Å². The maximum atomic E-state index is 11.6. The van der Waals surface area contributed by atoms with Crippen LogP contribution in [0.25, 0.3) is 0 Å². The second-order valence-corrected chi connectivity index (χ2v) is 4.32. The first-order valence-electron chi connectivity index (χ1n) is 5.88. The third kappa shape index (κ3) is 2.75. The number of nitrogens with one attached hydrogen (secondary N) is 1. The van der Waals surface area contributed by atoms with Crippen LogP contribution in [-0.2, 0) is 12.8 Å². The quantitative estimate of drug-likeness (QED) is 0.796. The summed E-state index contributed by atoms with van der Waals surface area (Å²) in [5.41, 5.74) is 4.63. The molecule has 0 spiro atoms. The first-order chi connectivity index (χ1) is 8.06. The number of hydrogen-bond acceptors (Lipinski definition) is 2. The number of benzene rings is 1. The van der Waals surface area contributed by atoms with Crippen molar-refractivity contribution in [2.24, 2.45) is 0 Å². The zero-order chi connectivity index (χ0) is 13.0. The Balaban J connectivity index is 3.25. The van der Waals surface area contributed by atoms with E-state index < -0.39 is 0 Å². The molecule has 17 heavy (non-hydrogen) atoms. The second kappa shape index (κ2) is 5.96. The summed E-state index contributed by atoms with van der Waals surface area (Å²) in [5.74, 6) is 0. The zero-order valence-electron chi connectivity index (χ0n) is 10.9. The van der Waals surface area contributed by atoms with Gasteiger partial charge >= 0.3 is 6.03 Å². The fraction of sp³-hybridized carbons (Fsp3) is 0.462. The molecule has 0 aliphatic heterocycles. The van der Waals surface area contributed by atoms with Crippen molar-refractivity contribution in [2.75, 3.05) is 11.4 Å². The van der Waals surface area contributed by atoms with Crippen LogP contribution >= 0.6 is 12.8 Å². The summed E-state index contributed by atoms with van der Waals surface area (Å²) >= 11 is 4.25. The van der Waals surface area contributed by atoms with Gasteiger partial charge in [-0.2, -0.15) is 0 Å². The van der Waals surface area contributed by atoms with Gasteiger partial charge in [0.15, 0.2) is 0 Å². The number of rotatable bonds is 3. The average molecular weight is 252 g/mol. The topological polar surface area (TPSA) is 32.3 Å². The van der Waals surface area contributed by atoms with E-state index in [1.165, 1.54) is 21.0 Å². The molecule has 94 valence electrons. The number of thiol groups is 1. The van der Waals surface area contributed by atoms with Crippen molar-refractivity contribution in [2.45, 2.75) is 33.6 Å². The fourth-order valence-corrected chi connectivity index (χ4v) is 2.32. The van der Waals surface area contributed by atoms with E-state index in [-0.39, 0.29) is 6.03 Å². The first kappa shape index (κ1) is 13.9. The molecule has 1 rings (SSSR count). The first-order valence-corrected chi connectivity index (χ1v) is 6.28. The van der Waals surface area contributed by atoms with Crippen LogP contribution in [0.1, 0.15) is 30.5 Å². The Morgan fingerprint density at radius 3 is 2.47 bits per heavy atom. The lowest BCUT2D eigenvalue weighted by molar-refractivity contribution is 0.252. The number of carbonyl (C=O) groups excluding carboxylic acids is 1. The van der Waals surface area contributed by atoms with Crippen LogP contribution in [0.5, 0.6) is 0 Å². The van der Waals surface area contributed by atoms with Crippen molar-refractivity contribution < 1.29 is 4.79 Å². The van der Waals surface area contributed by atoms with Crippen molar-refractivity contribution in [3.8, 4) is 0 Å². The number of hydrogen-bond donors (Lipinski definition) is 2. The maximum Gasteiger partial charge on any atom is 0.331 e. The monoisotopic (exact) mass is 252 g/mol. The van der Waals surface area contributed by atoms with Crippen LogP contribution in [0.15, 0.2) is 12.1 Å². The van der Waals surface area contributed by atoms with E-state index in [4.69, 9.17) is 0 Å². The Morgan fingerprint density at radius 2 is 2.00 bits per heavy atom. The number of urea groups is 1. The van der Waals surface area contributed by atoms with Gasteiger partial charge in [0.25, 0.3) is 0 Å². The largest absolute Gasteiger partial charge is 0.340 e. The van der Waals surface area contributed by atoms with Crippen molar-refractivity contribution in [1.82, 2.24) is 5.32 Å². The minimum absolute atomic E-state index is 0.216. The van der Waals surface area contributed by atoms with Gasteiger partial charge in [-0.25, -0.2) is 9.10 Å². The minimum Gasteiger partial charge on any atom is -0.340 e. The highest BCUT2D eigenvalue weighted by atomic mass is 32.1. The predicted octanol–water partition coefficient (Wildman–Crippen LogP) is 3.11. The van der Waals surface area contributed by atoms with Crippen LogP contribution in [0, 0.1) is 6.92 Å². The van der Waals surface area contributed by atoms with Crippen molar-refractivity contribution in [3.63, 3.8) is 0 Å². The maximum absolute atomic E-state index is 11.6. The Labute approximate surface area is 109 Å². The molecule has 0 saturated heterocycles. The molecule has 0 fully saturated rings. The van der Waals surface area contributed by atoms with Gasteiger partial charge in [0.05, 0.1) is 5.69 Å². The van der Waals surface area contributed by atoms with Crippen LogP contribution in [0.3, 0.4) is 0 Å². The molecule has 4 heteroatoms. The molecule has 1 N–H and O–H groups in total. The van der Waals surface area contributed by atoms with E-state index in [0.29, 0.717) is 0 Å².